The molecule has 0 saturated heterocycles. The van der Waals surface area contributed by atoms with E-state index >= 15 is 0 Å². The third-order valence-electron chi connectivity index (χ3n) is 3.72. The number of imide groups is 1. The second-order valence-electron chi connectivity index (χ2n) is 5.61. The molecule has 4 nitrogen and oxygen atoms in total. The number of nitrogens with two attached hydrogens (primary N) is 1. The first-order chi connectivity index (χ1) is 10.4. The quantitative estimate of drug-likeness (QED) is 0.400. The predicted octanol–water partition coefficient (Wildman–Crippen LogP) is 5.28. The first kappa shape index (κ1) is 23.7. The van der Waals surface area contributed by atoms with Gasteiger partial charge < -0.3 is 5.73 Å². The molecular formula is C17H35BrN2O2. The van der Waals surface area contributed by atoms with Crippen molar-refractivity contribution >= 4 is 27.9 Å². The van der Waals surface area contributed by atoms with E-state index in [0.717, 1.165) is 0 Å². The highest BCUT2D eigenvalue weighted by atomic mass is 79.9. The minimum atomic E-state index is -0.814. The minimum absolute atomic E-state index is 0.375. The minimum Gasteiger partial charge on any atom is -0.351 e. The summed E-state index contributed by atoms with van der Waals surface area (Å²) in [6, 6.07) is -0.814. The summed E-state index contributed by atoms with van der Waals surface area (Å²) in [5, 5.41) is 2.04. The number of rotatable bonds is 10. The van der Waals surface area contributed by atoms with Gasteiger partial charge in [-0.3, -0.25) is 10.1 Å². The van der Waals surface area contributed by atoms with Crippen molar-refractivity contribution in [3.05, 3.63) is 0 Å². The van der Waals surface area contributed by atoms with Gasteiger partial charge in [-0.2, -0.15) is 0 Å². The lowest BCUT2D eigenvalue weighted by Gasteiger charge is -2.21. The van der Waals surface area contributed by atoms with E-state index in [4.69, 9.17) is 5.73 Å². The van der Waals surface area contributed by atoms with Crippen molar-refractivity contribution < 1.29 is 9.59 Å². The van der Waals surface area contributed by atoms with Gasteiger partial charge in [0, 0.05) is 0 Å². The number of amides is 3. The van der Waals surface area contributed by atoms with Gasteiger partial charge in [-0.25, -0.2) is 4.79 Å². The Morgan fingerprint density at radius 3 is 1.50 bits per heavy atom. The molecule has 0 saturated carbocycles. The number of hydrogen-bond acceptors (Lipinski definition) is 2. The monoisotopic (exact) mass is 378 g/mol. The number of urea groups is 1. The SMILES string of the molecule is CCC(Br)(CC)C(=O)NC(N)=O.CCCCCCCCCC. The molecule has 132 valence electrons. The molecule has 0 aromatic heterocycles. The molecule has 0 fully saturated rings. The summed E-state index contributed by atoms with van der Waals surface area (Å²) in [7, 11) is 0. The van der Waals surface area contributed by atoms with Gasteiger partial charge in [-0.05, 0) is 12.8 Å². The van der Waals surface area contributed by atoms with E-state index in [2.05, 4.69) is 29.8 Å². The van der Waals surface area contributed by atoms with Crippen molar-refractivity contribution in [2.24, 2.45) is 5.73 Å². The normalized spacial score (nSPS) is 10.6. The summed E-state index contributed by atoms with van der Waals surface area (Å²) >= 11 is 3.26. The maximum absolute atomic E-state index is 11.3. The number of carbonyl (C=O) groups excluding carboxylic acids is 2. The van der Waals surface area contributed by atoms with E-state index in [0.29, 0.717) is 12.8 Å². The third-order valence-corrected chi connectivity index (χ3v) is 5.20. The topological polar surface area (TPSA) is 72.2 Å². The van der Waals surface area contributed by atoms with E-state index in [9.17, 15) is 9.59 Å². The van der Waals surface area contributed by atoms with Gasteiger partial charge in [0.05, 0.1) is 0 Å². The van der Waals surface area contributed by atoms with Crippen LogP contribution in [-0.2, 0) is 4.79 Å². The molecule has 0 aliphatic heterocycles. The van der Waals surface area contributed by atoms with Gasteiger partial charge in [-0.1, -0.05) is 95.0 Å². The number of unbranched alkanes of at least 4 members (excludes halogenated alkanes) is 7. The van der Waals surface area contributed by atoms with Crippen molar-refractivity contribution in [3.63, 3.8) is 0 Å². The Kier molecular flexibility index (Phi) is 16.5. The number of hydrogen-bond donors (Lipinski definition) is 2. The molecule has 0 aliphatic carbocycles. The second-order valence-corrected chi connectivity index (χ2v) is 7.13. The van der Waals surface area contributed by atoms with Crippen LogP contribution in [0.2, 0.25) is 0 Å². The molecule has 0 heterocycles. The smallest absolute Gasteiger partial charge is 0.318 e. The molecule has 0 atom stereocenters. The van der Waals surface area contributed by atoms with Gasteiger partial charge in [0.1, 0.15) is 4.32 Å². The lowest BCUT2D eigenvalue weighted by Crippen LogP contribution is -2.46. The van der Waals surface area contributed by atoms with Crippen molar-refractivity contribution in [3.8, 4) is 0 Å². The number of halogens is 1. The number of primary amides is 1. The first-order valence-electron chi connectivity index (χ1n) is 8.67. The van der Waals surface area contributed by atoms with E-state index < -0.39 is 10.4 Å². The largest absolute Gasteiger partial charge is 0.351 e. The van der Waals surface area contributed by atoms with Crippen LogP contribution in [-0.4, -0.2) is 16.3 Å². The fourth-order valence-corrected chi connectivity index (χ4v) is 2.10. The molecule has 0 unspecified atom stereocenters. The maximum atomic E-state index is 11.3. The molecule has 0 rings (SSSR count). The zero-order valence-electron chi connectivity index (χ0n) is 14.8. The van der Waals surface area contributed by atoms with Gasteiger partial charge in [0.2, 0.25) is 5.91 Å². The van der Waals surface area contributed by atoms with Crippen LogP contribution in [0.5, 0.6) is 0 Å². The Bertz CT molecular complexity index is 284. The van der Waals surface area contributed by atoms with Crippen molar-refractivity contribution in [2.45, 2.75) is 96.2 Å². The van der Waals surface area contributed by atoms with Crippen LogP contribution in [0.25, 0.3) is 0 Å². The number of alkyl halides is 1. The Balaban J connectivity index is 0. The van der Waals surface area contributed by atoms with Gasteiger partial charge >= 0.3 is 6.03 Å². The summed E-state index contributed by atoms with van der Waals surface area (Å²) in [6.07, 6.45) is 12.7. The van der Waals surface area contributed by atoms with E-state index in [-0.39, 0.29) is 5.91 Å². The van der Waals surface area contributed by atoms with Gasteiger partial charge in [-0.15, -0.1) is 0 Å². The van der Waals surface area contributed by atoms with Crippen LogP contribution in [0, 0.1) is 0 Å². The van der Waals surface area contributed by atoms with Crippen molar-refractivity contribution in [2.75, 3.05) is 0 Å². The highest BCUT2D eigenvalue weighted by Gasteiger charge is 2.32. The van der Waals surface area contributed by atoms with Crippen molar-refractivity contribution in [1.82, 2.24) is 5.32 Å². The summed E-state index contributed by atoms with van der Waals surface area (Å²) in [5.74, 6) is -0.375. The van der Waals surface area contributed by atoms with Crippen LogP contribution in [0.3, 0.4) is 0 Å². The molecule has 0 aromatic rings. The fourth-order valence-electron chi connectivity index (χ4n) is 2.00. The average molecular weight is 379 g/mol. The standard InChI is InChI=1S/C10H22.C7H13BrN2O2/c1-3-5-7-9-10-8-6-4-2;1-3-7(8,4-2)5(11)10-6(9)12/h3-10H2,1-2H3;3-4H2,1-2H3,(H3,9,10,11,12). The van der Waals surface area contributed by atoms with E-state index in [1.54, 1.807) is 0 Å². The summed E-state index contributed by atoms with van der Waals surface area (Å²) in [5.41, 5.74) is 4.81. The van der Waals surface area contributed by atoms with Crippen molar-refractivity contribution in [1.29, 1.82) is 0 Å². The average Bonchev–Trinajstić information content (AvgIpc) is 2.50. The summed E-state index contributed by atoms with van der Waals surface area (Å²) in [4.78, 5) is 21.6. The Morgan fingerprint density at radius 2 is 1.23 bits per heavy atom. The van der Waals surface area contributed by atoms with Crippen LogP contribution in [0.1, 0.15) is 91.9 Å². The van der Waals surface area contributed by atoms with Crippen LogP contribution >= 0.6 is 15.9 Å². The molecule has 0 bridgehead atoms. The number of carbonyl (C=O) groups is 2. The molecule has 0 spiro atoms. The fraction of sp³-hybridized carbons (Fsp3) is 0.882. The van der Waals surface area contributed by atoms with E-state index in [1.807, 2.05) is 19.2 Å². The maximum Gasteiger partial charge on any atom is 0.318 e. The van der Waals surface area contributed by atoms with Gasteiger partial charge in [0.25, 0.3) is 0 Å². The summed E-state index contributed by atoms with van der Waals surface area (Å²) < 4.78 is -0.665. The molecule has 0 radical (unpaired) electrons. The van der Waals surface area contributed by atoms with Crippen LogP contribution in [0.15, 0.2) is 0 Å². The molecular weight excluding hydrogens is 344 g/mol. The molecule has 22 heavy (non-hydrogen) atoms. The zero-order valence-corrected chi connectivity index (χ0v) is 16.4. The molecule has 5 heteroatoms. The molecule has 0 aliphatic rings. The highest BCUT2D eigenvalue weighted by Crippen LogP contribution is 2.26. The van der Waals surface area contributed by atoms with E-state index in [1.165, 1.54) is 51.4 Å². The highest BCUT2D eigenvalue weighted by molar-refractivity contribution is 9.10. The third kappa shape index (κ3) is 13.1. The predicted molar refractivity (Wildman–Crippen MR) is 98.3 cm³/mol. The second kappa shape index (κ2) is 15.3. The first-order valence-corrected chi connectivity index (χ1v) is 9.46. The molecule has 3 N–H and O–H groups in total. The van der Waals surface area contributed by atoms with Crippen LogP contribution in [0.4, 0.5) is 4.79 Å². The lowest BCUT2D eigenvalue weighted by atomic mass is 10.0. The Labute approximate surface area is 145 Å². The Morgan fingerprint density at radius 1 is 0.864 bits per heavy atom. The molecule has 0 aromatic carbocycles. The summed E-state index contributed by atoms with van der Waals surface area (Å²) in [6.45, 7) is 8.26. The van der Waals surface area contributed by atoms with Crippen LogP contribution < -0.4 is 11.1 Å². The molecule has 3 amide bonds. The number of nitrogens with one attached hydrogen (secondary N) is 1. The Hall–Kier alpha value is -0.580. The van der Waals surface area contributed by atoms with Gasteiger partial charge in [0.15, 0.2) is 0 Å². The lowest BCUT2D eigenvalue weighted by molar-refractivity contribution is -0.122. The zero-order chi connectivity index (χ0) is 17.4.